The van der Waals surface area contributed by atoms with Gasteiger partial charge in [-0.25, -0.2) is 11.1 Å². The third kappa shape index (κ3) is 51.1. The summed E-state index contributed by atoms with van der Waals surface area (Å²) in [6.45, 7) is 0. The SMILES string of the molecule is N=NC=NN.N=NC=NN.[Ti]. The van der Waals surface area contributed by atoms with Crippen molar-refractivity contribution in [3.05, 3.63) is 0 Å². The Bertz CT molecular complexity index is 112. The molecule has 0 aromatic heterocycles. The van der Waals surface area contributed by atoms with Crippen LogP contribution in [0.25, 0.3) is 0 Å². The quantitative estimate of drug-likeness (QED) is 0.120. The molecule has 0 bridgehead atoms. The van der Waals surface area contributed by atoms with E-state index in [0.717, 1.165) is 12.7 Å². The zero-order valence-corrected chi connectivity index (χ0v) is 7.16. The molecule has 6 N–H and O–H groups in total. The summed E-state index contributed by atoms with van der Waals surface area (Å²) in [6, 6.07) is 0. The Morgan fingerprint density at radius 3 is 1.18 bits per heavy atom. The van der Waals surface area contributed by atoms with Gasteiger partial charge in [0.15, 0.2) is 12.7 Å². The van der Waals surface area contributed by atoms with Crippen molar-refractivity contribution in [2.24, 2.45) is 32.1 Å². The molecular formula is C2H8N8Ti. The predicted molar refractivity (Wildman–Crippen MR) is 35.7 cm³/mol. The van der Waals surface area contributed by atoms with Gasteiger partial charge in [-0.2, -0.15) is 10.2 Å². The average molecular weight is 192 g/mol. The molecule has 0 aromatic carbocycles. The molecule has 0 amide bonds. The molecule has 0 fully saturated rings. The summed E-state index contributed by atoms with van der Waals surface area (Å²) in [4.78, 5) is 0. The van der Waals surface area contributed by atoms with E-state index in [4.69, 9.17) is 11.1 Å². The van der Waals surface area contributed by atoms with Gasteiger partial charge in [-0.05, 0) is 0 Å². The van der Waals surface area contributed by atoms with Gasteiger partial charge in [0, 0.05) is 21.7 Å². The summed E-state index contributed by atoms with van der Waals surface area (Å²) in [6.07, 6.45) is 1.89. The van der Waals surface area contributed by atoms with E-state index >= 15 is 0 Å². The van der Waals surface area contributed by atoms with Crippen molar-refractivity contribution in [1.29, 1.82) is 11.1 Å². The Kier molecular flexibility index (Phi) is 34.7. The Hall–Kier alpha value is -1.15. The molecule has 9 heteroatoms. The molecule has 0 rings (SSSR count). The summed E-state index contributed by atoms with van der Waals surface area (Å²) >= 11 is 0. The van der Waals surface area contributed by atoms with Gasteiger partial charge in [-0.1, -0.05) is 0 Å². The van der Waals surface area contributed by atoms with E-state index in [1.807, 2.05) is 0 Å². The summed E-state index contributed by atoms with van der Waals surface area (Å²) < 4.78 is 0. The van der Waals surface area contributed by atoms with E-state index < -0.39 is 0 Å². The molecule has 8 nitrogen and oxygen atoms in total. The minimum atomic E-state index is 0. The fourth-order valence-electron chi connectivity index (χ4n) is 0.0667. The molecule has 11 heavy (non-hydrogen) atoms. The van der Waals surface area contributed by atoms with Gasteiger partial charge in [0.2, 0.25) is 0 Å². The van der Waals surface area contributed by atoms with Crippen LogP contribution in [0, 0.1) is 11.1 Å². The van der Waals surface area contributed by atoms with Crippen LogP contribution in [0.3, 0.4) is 0 Å². The van der Waals surface area contributed by atoms with Gasteiger partial charge in [-0.15, -0.1) is 10.2 Å². The standard InChI is InChI=1S/2CH4N4.Ti/c2*2-4-1-5-3;/h2*1-2H,3H2;. The van der Waals surface area contributed by atoms with E-state index in [1.54, 1.807) is 0 Å². The topological polar surface area (TPSA) is 149 Å². The van der Waals surface area contributed by atoms with Crippen LogP contribution >= 0.6 is 0 Å². The number of rotatable bonds is 2. The number of hydrogen-bond donors (Lipinski definition) is 4. The molecular weight excluding hydrogens is 184 g/mol. The zero-order chi connectivity index (χ0) is 8.24. The van der Waals surface area contributed by atoms with E-state index in [2.05, 4.69) is 32.1 Å². The Morgan fingerprint density at radius 2 is 1.18 bits per heavy atom. The van der Waals surface area contributed by atoms with Crippen molar-refractivity contribution < 1.29 is 21.7 Å². The van der Waals surface area contributed by atoms with Gasteiger partial charge < -0.3 is 11.7 Å². The molecule has 0 atom stereocenters. The first kappa shape index (κ1) is 16.4. The second kappa shape index (κ2) is 23.2. The van der Waals surface area contributed by atoms with Crippen LogP contribution in [0.2, 0.25) is 0 Å². The van der Waals surface area contributed by atoms with E-state index in [-0.39, 0.29) is 21.7 Å². The maximum atomic E-state index is 6.00. The van der Waals surface area contributed by atoms with Gasteiger partial charge in [0.1, 0.15) is 0 Å². The fraction of sp³-hybridized carbons (Fsp3) is 0. The molecule has 0 spiro atoms. The van der Waals surface area contributed by atoms with Crippen LogP contribution in [-0.2, 0) is 21.7 Å². The molecule has 0 heterocycles. The molecule has 0 saturated carbocycles. The molecule has 0 unspecified atom stereocenters. The van der Waals surface area contributed by atoms with Crippen molar-refractivity contribution in [3.63, 3.8) is 0 Å². The Balaban J connectivity index is -0.000000107. The zero-order valence-electron chi connectivity index (χ0n) is 5.60. The van der Waals surface area contributed by atoms with Gasteiger partial charge >= 0.3 is 0 Å². The normalized spacial score (nSPS) is 8.00. The van der Waals surface area contributed by atoms with Crippen LogP contribution in [0.1, 0.15) is 0 Å². The average Bonchev–Trinajstić information content (AvgIpc) is 1.93. The minimum absolute atomic E-state index is 0. The number of hydrazone groups is 2. The van der Waals surface area contributed by atoms with Crippen molar-refractivity contribution in [2.45, 2.75) is 0 Å². The van der Waals surface area contributed by atoms with Crippen LogP contribution in [0.4, 0.5) is 0 Å². The summed E-state index contributed by atoms with van der Waals surface area (Å²) in [5.41, 5.74) is 12.0. The third-order valence-electron chi connectivity index (χ3n) is 0.249. The monoisotopic (exact) mass is 192 g/mol. The van der Waals surface area contributed by atoms with Crippen LogP contribution < -0.4 is 11.7 Å². The largest absolute Gasteiger partial charge is 0.322 e. The van der Waals surface area contributed by atoms with E-state index in [9.17, 15) is 0 Å². The van der Waals surface area contributed by atoms with Crippen LogP contribution in [-0.4, -0.2) is 12.7 Å². The predicted octanol–water partition coefficient (Wildman–Crippen LogP) is -0.164. The number of nitrogens with one attached hydrogen (secondary N) is 2. The first-order chi connectivity index (χ1) is 4.83. The maximum Gasteiger partial charge on any atom is 0.156 e. The number of nitrogens with two attached hydrogens (primary N) is 2. The summed E-state index contributed by atoms with van der Waals surface area (Å²) in [5.74, 6) is 8.99. The summed E-state index contributed by atoms with van der Waals surface area (Å²) in [7, 11) is 0. The van der Waals surface area contributed by atoms with Crippen molar-refractivity contribution in [1.82, 2.24) is 0 Å². The van der Waals surface area contributed by atoms with Gasteiger partial charge in [0.05, 0.1) is 0 Å². The Morgan fingerprint density at radius 1 is 0.909 bits per heavy atom. The maximum absolute atomic E-state index is 6.00. The smallest absolute Gasteiger partial charge is 0.156 e. The van der Waals surface area contributed by atoms with Gasteiger partial charge in [-0.3, -0.25) is 0 Å². The second-order valence-corrected chi connectivity index (χ2v) is 0.787. The first-order valence-electron chi connectivity index (χ1n) is 2.00. The molecule has 0 aromatic rings. The summed E-state index contributed by atoms with van der Waals surface area (Å²) in [5, 5.41) is 11.1. The number of hydrogen-bond acceptors (Lipinski definition) is 6. The fourth-order valence-corrected chi connectivity index (χ4v) is 0.0667. The molecule has 60 valence electrons. The van der Waals surface area contributed by atoms with Gasteiger partial charge in [0.25, 0.3) is 0 Å². The number of nitrogens with zero attached hydrogens (tertiary/aromatic N) is 4. The molecule has 0 radical (unpaired) electrons. The van der Waals surface area contributed by atoms with Crippen molar-refractivity contribution >= 4 is 12.7 Å². The molecule has 0 aliphatic carbocycles. The molecule has 0 aliphatic rings. The third-order valence-corrected chi connectivity index (χ3v) is 0.249. The van der Waals surface area contributed by atoms with Crippen LogP contribution in [0.15, 0.2) is 20.4 Å². The second-order valence-electron chi connectivity index (χ2n) is 0.787. The van der Waals surface area contributed by atoms with E-state index in [0.29, 0.717) is 0 Å². The Labute approximate surface area is 78.0 Å². The first-order valence-corrected chi connectivity index (χ1v) is 2.00. The minimum Gasteiger partial charge on any atom is -0.322 e. The van der Waals surface area contributed by atoms with E-state index in [1.165, 1.54) is 0 Å². The van der Waals surface area contributed by atoms with Crippen LogP contribution in [0.5, 0.6) is 0 Å². The van der Waals surface area contributed by atoms with Crippen molar-refractivity contribution in [2.75, 3.05) is 0 Å². The molecule has 0 saturated heterocycles. The molecule has 0 aliphatic heterocycles. The van der Waals surface area contributed by atoms with Crippen molar-refractivity contribution in [3.8, 4) is 0 Å².